The Morgan fingerprint density at radius 3 is 2.21 bits per heavy atom. The molecule has 0 amide bonds. The summed E-state index contributed by atoms with van der Waals surface area (Å²) in [4.78, 5) is 0. The number of benzene rings is 2. The van der Waals surface area contributed by atoms with E-state index in [4.69, 9.17) is 0 Å². The Balaban J connectivity index is 2.70. The van der Waals surface area contributed by atoms with Gasteiger partial charge in [0, 0.05) is 0 Å². The predicted octanol–water partition coefficient (Wildman–Crippen LogP) is 3.84. The van der Waals surface area contributed by atoms with Crippen LogP contribution in [0.2, 0.25) is 0 Å². The van der Waals surface area contributed by atoms with Gasteiger partial charge < -0.3 is 5.11 Å². The summed E-state index contributed by atoms with van der Waals surface area (Å²) in [6.45, 7) is 4.76. The first kappa shape index (κ1) is 13.7. The molecule has 1 nitrogen and oxygen atoms in total. The molecule has 0 fully saturated rings. The van der Waals surface area contributed by atoms with Gasteiger partial charge in [0.25, 0.3) is 0 Å². The van der Waals surface area contributed by atoms with E-state index >= 15 is 0 Å². The standard InChI is InChI=1S/C16H16F2O/c1-10-6-4-5-7-12(10)16(3,19)14-13(17)9-8-11(2)15(14)18/h4-9,19H,1-3H3. The molecule has 0 spiro atoms. The minimum Gasteiger partial charge on any atom is -0.380 e. The number of aliphatic hydroxyl groups is 1. The lowest BCUT2D eigenvalue weighted by Crippen LogP contribution is -2.27. The first-order chi connectivity index (χ1) is 8.85. The number of halogens is 2. The SMILES string of the molecule is Cc1ccccc1C(C)(O)c1c(F)ccc(C)c1F. The Labute approximate surface area is 111 Å². The minimum absolute atomic E-state index is 0.304. The van der Waals surface area contributed by atoms with Crippen molar-refractivity contribution in [1.29, 1.82) is 0 Å². The Kier molecular flexibility index (Phi) is 3.42. The van der Waals surface area contributed by atoms with Crippen molar-refractivity contribution in [2.75, 3.05) is 0 Å². The van der Waals surface area contributed by atoms with Crippen molar-refractivity contribution in [3.63, 3.8) is 0 Å². The van der Waals surface area contributed by atoms with E-state index in [-0.39, 0.29) is 5.56 Å². The zero-order valence-electron chi connectivity index (χ0n) is 11.2. The molecule has 0 bridgehead atoms. The normalized spacial score (nSPS) is 14.2. The molecule has 0 radical (unpaired) electrons. The Bertz CT molecular complexity index is 618. The molecule has 0 aliphatic carbocycles. The van der Waals surface area contributed by atoms with Gasteiger partial charge >= 0.3 is 0 Å². The summed E-state index contributed by atoms with van der Waals surface area (Å²) < 4.78 is 28.1. The molecule has 2 aromatic rings. The van der Waals surface area contributed by atoms with Gasteiger partial charge in [0.05, 0.1) is 5.56 Å². The lowest BCUT2D eigenvalue weighted by molar-refractivity contribution is 0.0925. The summed E-state index contributed by atoms with van der Waals surface area (Å²) in [5, 5.41) is 10.6. The zero-order chi connectivity index (χ0) is 14.2. The third-order valence-corrected chi connectivity index (χ3v) is 3.44. The summed E-state index contributed by atoms with van der Waals surface area (Å²) in [6.07, 6.45) is 0. The molecular formula is C16H16F2O. The fourth-order valence-electron chi connectivity index (χ4n) is 2.36. The average Bonchev–Trinajstić information content (AvgIpc) is 2.34. The highest BCUT2D eigenvalue weighted by Crippen LogP contribution is 2.35. The molecule has 0 heterocycles. The molecule has 100 valence electrons. The Morgan fingerprint density at radius 2 is 1.58 bits per heavy atom. The number of aryl methyl sites for hydroxylation is 2. The van der Waals surface area contributed by atoms with Crippen LogP contribution >= 0.6 is 0 Å². The highest BCUT2D eigenvalue weighted by molar-refractivity contribution is 5.42. The van der Waals surface area contributed by atoms with Crippen molar-refractivity contribution < 1.29 is 13.9 Å². The van der Waals surface area contributed by atoms with Crippen molar-refractivity contribution in [3.8, 4) is 0 Å². The maximum absolute atomic E-state index is 14.2. The maximum atomic E-state index is 14.2. The first-order valence-corrected chi connectivity index (χ1v) is 6.09. The summed E-state index contributed by atoms with van der Waals surface area (Å²) in [5.41, 5.74) is -0.413. The van der Waals surface area contributed by atoms with Gasteiger partial charge in [-0.2, -0.15) is 0 Å². The van der Waals surface area contributed by atoms with Crippen molar-refractivity contribution in [3.05, 3.63) is 70.3 Å². The average molecular weight is 262 g/mol. The number of hydrogen-bond donors (Lipinski definition) is 1. The van der Waals surface area contributed by atoms with Gasteiger partial charge in [-0.25, -0.2) is 8.78 Å². The van der Waals surface area contributed by atoms with E-state index in [0.29, 0.717) is 11.1 Å². The topological polar surface area (TPSA) is 20.2 Å². The van der Waals surface area contributed by atoms with Crippen LogP contribution in [0.25, 0.3) is 0 Å². The van der Waals surface area contributed by atoms with Crippen LogP contribution in [-0.2, 0) is 5.60 Å². The summed E-state index contributed by atoms with van der Waals surface area (Å²) >= 11 is 0. The molecule has 0 saturated carbocycles. The summed E-state index contributed by atoms with van der Waals surface area (Å²) in [5.74, 6) is -1.44. The zero-order valence-corrected chi connectivity index (χ0v) is 11.2. The van der Waals surface area contributed by atoms with Crippen molar-refractivity contribution >= 4 is 0 Å². The van der Waals surface area contributed by atoms with E-state index in [2.05, 4.69) is 0 Å². The lowest BCUT2D eigenvalue weighted by Gasteiger charge is -2.27. The molecule has 3 heteroatoms. The van der Waals surface area contributed by atoms with E-state index in [0.717, 1.165) is 5.56 Å². The molecule has 1 N–H and O–H groups in total. The van der Waals surface area contributed by atoms with Gasteiger partial charge in [-0.1, -0.05) is 30.3 Å². The molecule has 1 atom stereocenters. The van der Waals surface area contributed by atoms with E-state index in [1.54, 1.807) is 32.0 Å². The molecule has 2 rings (SSSR count). The second-order valence-corrected chi connectivity index (χ2v) is 4.94. The largest absolute Gasteiger partial charge is 0.380 e. The van der Waals surface area contributed by atoms with Gasteiger partial charge in [0.2, 0.25) is 0 Å². The van der Waals surface area contributed by atoms with Crippen LogP contribution in [0.3, 0.4) is 0 Å². The molecule has 2 aromatic carbocycles. The third-order valence-electron chi connectivity index (χ3n) is 3.44. The van der Waals surface area contributed by atoms with Crippen LogP contribution in [0.1, 0.15) is 29.2 Å². The van der Waals surface area contributed by atoms with E-state index in [1.807, 2.05) is 6.07 Å². The fourth-order valence-corrected chi connectivity index (χ4v) is 2.36. The molecule has 0 aromatic heterocycles. The second-order valence-electron chi connectivity index (χ2n) is 4.94. The highest BCUT2D eigenvalue weighted by atomic mass is 19.1. The van der Waals surface area contributed by atoms with Gasteiger partial charge in [-0.05, 0) is 43.5 Å². The molecule has 0 saturated heterocycles. The van der Waals surface area contributed by atoms with Crippen molar-refractivity contribution in [2.24, 2.45) is 0 Å². The third kappa shape index (κ3) is 2.26. The van der Waals surface area contributed by atoms with E-state index < -0.39 is 17.2 Å². The molecule has 1 unspecified atom stereocenters. The van der Waals surface area contributed by atoms with Gasteiger partial charge in [-0.3, -0.25) is 0 Å². The van der Waals surface area contributed by atoms with E-state index in [1.165, 1.54) is 19.1 Å². The molecule has 0 aliphatic rings. The number of hydrogen-bond acceptors (Lipinski definition) is 1. The highest BCUT2D eigenvalue weighted by Gasteiger charge is 2.33. The monoisotopic (exact) mass is 262 g/mol. The molecule has 19 heavy (non-hydrogen) atoms. The van der Waals surface area contributed by atoms with Crippen LogP contribution in [0.5, 0.6) is 0 Å². The van der Waals surface area contributed by atoms with Crippen LogP contribution < -0.4 is 0 Å². The van der Waals surface area contributed by atoms with Crippen LogP contribution in [0, 0.1) is 25.5 Å². The van der Waals surface area contributed by atoms with Gasteiger partial charge in [0.15, 0.2) is 0 Å². The number of rotatable bonds is 2. The lowest BCUT2D eigenvalue weighted by atomic mass is 9.84. The Hall–Kier alpha value is -1.74. The quantitative estimate of drug-likeness (QED) is 0.872. The maximum Gasteiger partial charge on any atom is 0.135 e. The fraction of sp³-hybridized carbons (Fsp3) is 0.250. The van der Waals surface area contributed by atoms with Crippen LogP contribution in [0.15, 0.2) is 36.4 Å². The van der Waals surface area contributed by atoms with E-state index in [9.17, 15) is 13.9 Å². The van der Waals surface area contributed by atoms with Gasteiger partial charge in [-0.15, -0.1) is 0 Å². The van der Waals surface area contributed by atoms with Crippen LogP contribution in [0.4, 0.5) is 8.78 Å². The Morgan fingerprint density at radius 1 is 0.947 bits per heavy atom. The predicted molar refractivity (Wildman–Crippen MR) is 70.9 cm³/mol. The van der Waals surface area contributed by atoms with Crippen molar-refractivity contribution in [2.45, 2.75) is 26.4 Å². The van der Waals surface area contributed by atoms with Gasteiger partial charge in [0.1, 0.15) is 17.2 Å². The molecule has 0 aliphatic heterocycles. The minimum atomic E-state index is -1.70. The van der Waals surface area contributed by atoms with Crippen molar-refractivity contribution in [1.82, 2.24) is 0 Å². The summed E-state index contributed by atoms with van der Waals surface area (Å²) in [7, 11) is 0. The van der Waals surface area contributed by atoms with Crippen LogP contribution in [-0.4, -0.2) is 5.11 Å². The molecular weight excluding hydrogens is 246 g/mol. The summed E-state index contributed by atoms with van der Waals surface area (Å²) in [6, 6.07) is 9.58. The first-order valence-electron chi connectivity index (χ1n) is 6.09. The smallest absolute Gasteiger partial charge is 0.135 e. The second kappa shape index (κ2) is 4.74.